The van der Waals surface area contributed by atoms with Gasteiger partial charge in [-0.1, -0.05) is 102 Å². The smallest absolute Gasteiger partial charge is 0.149 e. The van der Waals surface area contributed by atoms with Gasteiger partial charge in [0.15, 0.2) is 0 Å². The minimum atomic E-state index is 0.887. The van der Waals surface area contributed by atoms with E-state index in [1.165, 1.54) is 30.5 Å². The van der Waals surface area contributed by atoms with Gasteiger partial charge in [-0.05, 0) is 48.0 Å². The molecule has 0 spiro atoms. The summed E-state index contributed by atoms with van der Waals surface area (Å²) < 4.78 is 6.70. The Morgan fingerprint density at radius 1 is 0.486 bits per heavy atom. The number of thioether (sulfide) groups is 1. The van der Waals surface area contributed by atoms with Crippen LogP contribution in [0.25, 0.3) is 21.9 Å². The molecule has 0 saturated heterocycles. The van der Waals surface area contributed by atoms with Gasteiger partial charge in [0.1, 0.15) is 11.2 Å². The van der Waals surface area contributed by atoms with E-state index in [9.17, 15) is 0 Å². The van der Waals surface area contributed by atoms with E-state index < -0.39 is 0 Å². The van der Waals surface area contributed by atoms with Crippen molar-refractivity contribution in [3.63, 3.8) is 0 Å². The molecule has 35 heavy (non-hydrogen) atoms. The van der Waals surface area contributed by atoms with Crippen molar-refractivity contribution in [2.24, 2.45) is 0 Å². The summed E-state index contributed by atoms with van der Waals surface area (Å²) in [7, 11) is 0. The third-order valence-electron chi connectivity index (χ3n) is 5.74. The molecule has 6 rings (SSSR count). The highest BCUT2D eigenvalue weighted by atomic mass is 32.2. The minimum absolute atomic E-state index is 0.887. The fourth-order valence-electron chi connectivity index (χ4n) is 4.06. The highest BCUT2D eigenvalue weighted by molar-refractivity contribution is 8.00. The van der Waals surface area contributed by atoms with Gasteiger partial charge in [0.25, 0.3) is 0 Å². The van der Waals surface area contributed by atoms with Gasteiger partial charge in [0, 0.05) is 31.2 Å². The number of hydrogen-bond acceptors (Lipinski definition) is 4. The van der Waals surface area contributed by atoms with Crippen molar-refractivity contribution < 1.29 is 4.42 Å². The monoisotopic (exact) mass is 506 g/mol. The standard InChI is InChI=1S/C31H22OS3/c1-4-11-23(12-5-1)33-21-22-19-20-27-26-17-10-18-28(34-24-13-6-2-7-14-24)29(26)32-30(27)31(22)35-25-15-8-3-9-16-25/h1-20H,21H2. The molecule has 0 atom stereocenters. The second kappa shape index (κ2) is 10.3. The first-order chi connectivity index (χ1) is 17.3. The molecule has 1 aromatic heterocycles. The summed E-state index contributed by atoms with van der Waals surface area (Å²) in [5.74, 6) is 0.887. The van der Waals surface area contributed by atoms with Crippen LogP contribution in [0.4, 0.5) is 0 Å². The van der Waals surface area contributed by atoms with Crippen LogP contribution in [-0.2, 0) is 5.75 Å². The number of para-hydroxylation sites is 1. The Balaban J connectivity index is 1.46. The summed E-state index contributed by atoms with van der Waals surface area (Å²) in [5.41, 5.74) is 3.22. The predicted octanol–water partition coefficient (Wildman–Crippen LogP) is 10.2. The predicted molar refractivity (Wildman–Crippen MR) is 151 cm³/mol. The van der Waals surface area contributed by atoms with Gasteiger partial charge in [-0.3, -0.25) is 0 Å². The maximum absolute atomic E-state index is 6.70. The van der Waals surface area contributed by atoms with Crippen molar-refractivity contribution in [3.8, 4) is 0 Å². The van der Waals surface area contributed by atoms with E-state index >= 15 is 0 Å². The van der Waals surface area contributed by atoms with Gasteiger partial charge < -0.3 is 4.42 Å². The Kier molecular flexibility index (Phi) is 6.59. The quantitative estimate of drug-likeness (QED) is 0.200. The van der Waals surface area contributed by atoms with Crippen LogP contribution in [-0.4, -0.2) is 0 Å². The van der Waals surface area contributed by atoms with Crippen molar-refractivity contribution in [1.82, 2.24) is 0 Å². The molecule has 1 nitrogen and oxygen atoms in total. The Morgan fingerprint density at radius 3 is 1.77 bits per heavy atom. The molecule has 1 heterocycles. The summed E-state index contributed by atoms with van der Waals surface area (Å²) in [6, 6.07) is 42.6. The van der Waals surface area contributed by atoms with Crippen molar-refractivity contribution in [2.75, 3.05) is 0 Å². The zero-order chi connectivity index (χ0) is 23.5. The van der Waals surface area contributed by atoms with Crippen LogP contribution in [0.5, 0.6) is 0 Å². The first kappa shape index (κ1) is 22.4. The van der Waals surface area contributed by atoms with Crippen LogP contribution in [0.1, 0.15) is 5.56 Å². The number of benzene rings is 5. The molecule has 0 N–H and O–H groups in total. The van der Waals surface area contributed by atoms with E-state index in [0.717, 1.165) is 27.2 Å². The second-order valence-electron chi connectivity index (χ2n) is 8.10. The summed E-state index contributed by atoms with van der Waals surface area (Å²) in [4.78, 5) is 6.03. The molecule has 0 unspecified atom stereocenters. The fourth-order valence-corrected chi connectivity index (χ4v) is 7.04. The minimum Gasteiger partial charge on any atom is -0.454 e. The van der Waals surface area contributed by atoms with Crippen molar-refractivity contribution in [1.29, 1.82) is 0 Å². The molecule has 170 valence electrons. The van der Waals surface area contributed by atoms with Crippen LogP contribution < -0.4 is 0 Å². The summed E-state index contributed by atoms with van der Waals surface area (Å²) in [6.45, 7) is 0. The van der Waals surface area contributed by atoms with Gasteiger partial charge in [0.2, 0.25) is 0 Å². The fraction of sp³-hybridized carbons (Fsp3) is 0.0323. The molecular weight excluding hydrogens is 485 g/mol. The average Bonchev–Trinajstić information content (AvgIpc) is 3.30. The normalized spacial score (nSPS) is 11.3. The Morgan fingerprint density at radius 2 is 1.09 bits per heavy atom. The second-order valence-corrected chi connectivity index (χ2v) is 11.3. The molecule has 0 bridgehead atoms. The SMILES string of the molecule is c1ccc(SCc2ccc3c(oc4c(Sc5ccccc5)cccc43)c2Sc2ccccc2)cc1. The molecule has 0 aliphatic rings. The molecular formula is C31H22OS3. The van der Waals surface area contributed by atoms with Gasteiger partial charge in [-0.25, -0.2) is 0 Å². The Bertz CT molecular complexity index is 1580. The van der Waals surface area contributed by atoms with E-state index in [1.54, 1.807) is 23.5 Å². The van der Waals surface area contributed by atoms with E-state index in [2.05, 4.69) is 115 Å². The third kappa shape index (κ3) is 4.87. The molecule has 0 aliphatic carbocycles. The highest BCUT2D eigenvalue weighted by Gasteiger charge is 2.18. The van der Waals surface area contributed by atoms with Crippen LogP contribution >= 0.6 is 35.3 Å². The first-order valence-electron chi connectivity index (χ1n) is 11.5. The Labute approximate surface area is 217 Å². The molecule has 0 saturated carbocycles. The number of hydrogen-bond donors (Lipinski definition) is 0. The zero-order valence-corrected chi connectivity index (χ0v) is 21.3. The van der Waals surface area contributed by atoms with Gasteiger partial charge in [-0.15, -0.1) is 11.8 Å². The summed E-state index contributed by atoms with van der Waals surface area (Å²) in [5, 5.41) is 2.33. The molecule has 6 aromatic rings. The van der Waals surface area contributed by atoms with Gasteiger partial charge >= 0.3 is 0 Å². The van der Waals surface area contributed by atoms with E-state index in [-0.39, 0.29) is 0 Å². The van der Waals surface area contributed by atoms with Gasteiger partial charge in [0.05, 0.1) is 9.79 Å². The zero-order valence-electron chi connectivity index (χ0n) is 18.9. The molecule has 4 heteroatoms. The molecule has 0 amide bonds. The lowest BCUT2D eigenvalue weighted by molar-refractivity contribution is 0.651. The third-order valence-corrected chi connectivity index (χ3v) is 9.01. The van der Waals surface area contributed by atoms with Crippen LogP contribution in [0.15, 0.2) is 150 Å². The Hall–Kier alpha value is -3.05. The van der Waals surface area contributed by atoms with Crippen LogP contribution in [0.3, 0.4) is 0 Å². The van der Waals surface area contributed by atoms with Gasteiger partial charge in [-0.2, -0.15) is 0 Å². The lowest BCUT2D eigenvalue weighted by Gasteiger charge is -2.10. The maximum Gasteiger partial charge on any atom is 0.149 e. The lowest BCUT2D eigenvalue weighted by atomic mass is 10.1. The summed E-state index contributed by atoms with van der Waals surface area (Å²) >= 11 is 5.40. The molecule has 5 aromatic carbocycles. The number of rotatable bonds is 7. The highest BCUT2D eigenvalue weighted by Crippen LogP contribution is 2.44. The topological polar surface area (TPSA) is 13.1 Å². The van der Waals surface area contributed by atoms with Crippen molar-refractivity contribution in [2.45, 2.75) is 30.2 Å². The largest absolute Gasteiger partial charge is 0.454 e. The number of fused-ring (bicyclic) bond motifs is 3. The van der Waals surface area contributed by atoms with Crippen LogP contribution in [0.2, 0.25) is 0 Å². The van der Waals surface area contributed by atoms with Crippen molar-refractivity contribution >= 4 is 57.2 Å². The molecule has 0 aliphatic heterocycles. The average molecular weight is 507 g/mol. The van der Waals surface area contributed by atoms with E-state index in [0.29, 0.717) is 0 Å². The maximum atomic E-state index is 6.70. The first-order valence-corrected chi connectivity index (χ1v) is 14.1. The van der Waals surface area contributed by atoms with Crippen molar-refractivity contribution in [3.05, 3.63) is 127 Å². The number of furan rings is 1. The lowest BCUT2D eigenvalue weighted by Crippen LogP contribution is -1.87. The van der Waals surface area contributed by atoms with E-state index in [4.69, 9.17) is 4.42 Å². The van der Waals surface area contributed by atoms with E-state index in [1.807, 2.05) is 17.8 Å². The molecule has 0 fully saturated rings. The van der Waals surface area contributed by atoms with Crippen LogP contribution in [0, 0.1) is 0 Å². The molecule has 0 radical (unpaired) electrons. The summed E-state index contributed by atoms with van der Waals surface area (Å²) in [6.07, 6.45) is 0.